The molecule has 0 amide bonds. The molecule has 15 heavy (non-hydrogen) atoms. The largest absolute Gasteiger partial charge is 0.471 e. The van der Waals surface area contributed by atoms with Crippen molar-refractivity contribution in [2.45, 2.75) is 4.90 Å². The van der Waals surface area contributed by atoms with Crippen LogP contribution in [0.4, 0.5) is 5.69 Å². The van der Waals surface area contributed by atoms with Gasteiger partial charge in [0.15, 0.2) is 0 Å². The quantitative estimate of drug-likeness (QED) is 0.866. The summed E-state index contributed by atoms with van der Waals surface area (Å²) in [6, 6.07) is 10.1. The molecule has 1 heterocycles. The lowest BCUT2D eigenvalue weighted by molar-refractivity contribution is 0.557. The van der Waals surface area contributed by atoms with Gasteiger partial charge in [-0.2, -0.15) is 0 Å². The Morgan fingerprint density at radius 3 is 2.40 bits per heavy atom. The van der Waals surface area contributed by atoms with Gasteiger partial charge in [-0.1, -0.05) is 18.2 Å². The molecule has 2 rings (SSSR count). The number of para-hydroxylation sites is 1. The van der Waals surface area contributed by atoms with Gasteiger partial charge in [-0.05, 0) is 18.2 Å². The van der Waals surface area contributed by atoms with Gasteiger partial charge in [0.05, 0.1) is 6.26 Å². The van der Waals surface area contributed by atoms with E-state index >= 15 is 0 Å². The van der Waals surface area contributed by atoms with E-state index in [4.69, 9.17) is 4.42 Å². The lowest BCUT2D eigenvalue weighted by atomic mass is 10.3. The summed E-state index contributed by atoms with van der Waals surface area (Å²) in [5.41, 5.74) is 0.527. The van der Waals surface area contributed by atoms with Crippen molar-refractivity contribution in [2.75, 3.05) is 4.72 Å². The van der Waals surface area contributed by atoms with Crippen LogP contribution in [0.3, 0.4) is 0 Å². The Hall–Kier alpha value is -1.75. The smallest absolute Gasteiger partial charge is 0.265 e. The van der Waals surface area contributed by atoms with Crippen molar-refractivity contribution in [1.29, 1.82) is 0 Å². The molecule has 2 aromatic rings. The molecular formula is C10H9NO3S. The Morgan fingerprint density at radius 1 is 1.07 bits per heavy atom. The van der Waals surface area contributed by atoms with Gasteiger partial charge in [0.25, 0.3) is 10.0 Å². The van der Waals surface area contributed by atoms with Gasteiger partial charge in [0.1, 0.15) is 11.2 Å². The molecule has 0 saturated heterocycles. The van der Waals surface area contributed by atoms with Crippen molar-refractivity contribution in [3.05, 3.63) is 48.9 Å². The molecule has 0 aliphatic rings. The van der Waals surface area contributed by atoms with Crippen LogP contribution in [0.2, 0.25) is 0 Å². The average molecular weight is 223 g/mol. The second-order valence-electron chi connectivity index (χ2n) is 2.93. The van der Waals surface area contributed by atoms with E-state index in [0.717, 1.165) is 0 Å². The van der Waals surface area contributed by atoms with Crippen molar-refractivity contribution >= 4 is 15.7 Å². The molecule has 1 aromatic carbocycles. The summed E-state index contributed by atoms with van der Waals surface area (Å²) in [6.45, 7) is 0. The molecule has 0 fully saturated rings. The summed E-state index contributed by atoms with van der Waals surface area (Å²) in [5.74, 6) is 0. The summed E-state index contributed by atoms with van der Waals surface area (Å²) >= 11 is 0. The number of hydrogen-bond donors (Lipinski definition) is 1. The monoisotopic (exact) mass is 223 g/mol. The molecule has 0 bridgehead atoms. The Balaban J connectivity index is 2.27. The third-order valence-electron chi connectivity index (χ3n) is 1.83. The van der Waals surface area contributed by atoms with Crippen molar-refractivity contribution in [2.24, 2.45) is 0 Å². The van der Waals surface area contributed by atoms with Gasteiger partial charge in [-0.25, -0.2) is 8.42 Å². The Kier molecular flexibility index (Phi) is 2.47. The zero-order valence-corrected chi connectivity index (χ0v) is 8.57. The molecule has 5 heteroatoms. The van der Waals surface area contributed by atoms with E-state index in [1.165, 1.54) is 18.6 Å². The maximum Gasteiger partial charge on any atom is 0.265 e. The highest BCUT2D eigenvalue weighted by Gasteiger charge is 2.14. The first-order valence-corrected chi connectivity index (χ1v) is 5.77. The highest BCUT2D eigenvalue weighted by Crippen LogP contribution is 2.15. The first kappa shape index (κ1) is 9.79. The van der Waals surface area contributed by atoms with Crippen LogP contribution in [0.15, 0.2) is 58.2 Å². The molecule has 0 unspecified atom stereocenters. The van der Waals surface area contributed by atoms with Crippen LogP contribution in [-0.2, 0) is 10.0 Å². The summed E-state index contributed by atoms with van der Waals surface area (Å²) in [7, 11) is -3.51. The van der Waals surface area contributed by atoms with Crippen molar-refractivity contribution in [3.63, 3.8) is 0 Å². The Labute approximate surface area is 87.6 Å². The number of nitrogens with one attached hydrogen (secondary N) is 1. The van der Waals surface area contributed by atoms with E-state index in [2.05, 4.69) is 4.72 Å². The second kappa shape index (κ2) is 3.78. The highest BCUT2D eigenvalue weighted by molar-refractivity contribution is 7.92. The molecule has 4 nitrogen and oxygen atoms in total. The van der Waals surface area contributed by atoms with Gasteiger partial charge in [0.2, 0.25) is 0 Å². The van der Waals surface area contributed by atoms with Crippen LogP contribution < -0.4 is 4.72 Å². The molecule has 0 radical (unpaired) electrons. The van der Waals surface area contributed by atoms with Crippen LogP contribution in [0, 0.1) is 0 Å². The molecular weight excluding hydrogens is 214 g/mol. The fraction of sp³-hybridized carbons (Fsp3) is 0. The third-order valence-corrected chi connectivity index (χ3v) is 3.19. The zero-order chi connectivity index (χ0) is 10.7. The predicted octanol–water partition coefficient (Wildman–Crippen LogP) is 2.08. The highest BCUT2D eigenvalue weighted by atomic mass is 32.2. The van der Waals surface area contributed by atoms with Crippen molar-refractivity contribution in [1.82, 2.24) is 0 Å². The van der Waals surface area contributed by atoms with Crippen molar-refractivity contribution < 1.29 is 12.8 Å². The number of benzene rings is 1. The fourth-order valence-corrected chi connectivity index (χ4v) is 2.11. The maximum absolute atomic E-state index is 11.7. The SMILES string of the molecule is O=S(=O)(Nc1ccccc1)c1ccoc1. The summed E-state index contributed by atoms with van der Waals surface area (Å²) < 4.78 is 30.5. The van der Waals surface area contributed by atoms with E-state index in [-0.39, 0.29) is 4.90 Å². The Bertz CT molecular complexity index is 517. The van der Waals surface area contributed by atoms with Gasteiger partial charge in [0, 0.05) is 5.69 Å². The van der Waals surface area contributed by atoms with E-state index in [1.54, 1.807) is 24.3 Å². The van der Waals surface area contributed by atoms with Gasteiger partial charge < -0.3 is 4.42 Å². The fourth-order valence-electron chi connectivity index (χ4n) is 1.13. The van der Waals surface area contributed by atoms with Gasteiger partial charge >= 0.3 is 0 Å². The van der Waals surface area contributed by atoms with E-state index in [1.807, 2.05) is 6.07 Å². The molecule has 0 saturated carbocycles. The van der Waals surface area contributed by atoms with Crippen LogP contribution >= 0.6 is 0 Å². The van der Waals surface area contributed by atoms with Crippen molar-refractivity contribution in [3.8, 4) is 0 Å². The Morgan fingerprint density at radius 2 is 1.80 bits per heavy atom. The van der Waals surface area contributed by atoms with E-state index in [9.17, 15) is 8.42 Å². The van der Waals surface area contributed by atoms with E-state index in [0.29, 0.717) is 5.69 Å². The summed E-state index contributed by atoms with van der Waals surface area (Å²) in [4.78, 5) is 0.117. The molecule has 0 spiro atoms. The molecule has 0 aliphatic heterocycles. The maximum atomic E-state index is 11.7. The molecule has 1 aromatic heterocycles. The number of furan rings is 1. The third kappa shape index (κ3) is 2.19. The van der Waals surface area contributed by atoms with Gasteiger partial charge in [-0.15, -0.1) is 0 Å². The summed E-state index contributed by atoms with van der Waals surface area (Å²) in [5, 5.41) is 0. The number of rotatable bonds is 3. The number of sulfonamides is 1. The van der Waals surface area contributed by atoms with Crippen LogP contribution in [0.1, 0.15) is 0 Å². The lowest BCUT2D eigenvalue weighted by Gasteiger charge is -2.04. The minimum atomic E-state index is -3.51. The summed E-state index contributed by atoms with van der Waals surface area (Å²) in [6.07, 6.45) is 2.50. The molecule has 78 valence electrons. The minimum Gasteiger partial charge on any atom is -0.471 e. The van der Waals surface area contributed by atoms with E-state index < -0.39 is 10.0 Å². The number of anilines is 1. The molecule has 0 atom stereocenters. The lowest BCUT2D eigenvalue weighted by Crippen LogP contribution is -2.11. The predicted molar refractivity (Wildman–Crippen MR) is 56.0 cm³/mol. The zero-order valence-electron chi connectivity index (χ0n) is 7.75. The number of hydrogen-bond acceptors (Lipinski definition) is 3. The molecule has 1 N–H and O–H groups in total. The van der Waals surface area contributed by atoms with Crippen LogP contribution in [0.5, 0.6) is 0 Å². The first-order valence-electron chi connectivity index (χ1n) is 4.28. The topological polar surface area (TPSA) is 59.3 Å². The van der Waals surface area contributed by atoms with Crippen LogP contribution in [-0.4, -0.2) is 8.42 Å². The normalized spacial score (nSPS) is 11.2. The second-order valence-corrected chi connectivity index (χ2v) is 4.61. The average Bonchev–Trinajstić information content (AvgIpc) is 2.71. The van der Waals surface area contributed by atoms with Crippen LogP contribution in [0.25, 0.3) is 0 Å². The minimum absolute atomic E-state index is 0.117. The first-order chi connectivity index (χ1) is 7.18. The van der Waals surface area contributed by atoms with Gasteiger partial charge in [-0.3, -0.25) is 4.72 Å². The standard InChI is InChI=1S/C10H9NO3S/c12-15(13,10-6-7-14-8-10)11-9-4-2-1-3-5-9/h1-8,11H. The molecule has 0 aliphatic carbocycles.